The molecule has 13 heteroatoms. The number of benzene rings is 1. The van der Waals surface area contributed by atoms with Gasteiger partial charge in [-0.2, -0.15) is 18.4 Å². The average Bonchev–Trinajstić information content (AvgIpc) is 3.56. The minimum Gasteiger partial charge on any atom is -0.336 e. The van der Waals surface area contributed by atoms with Crippen molar-refractivity contribution in [2.75, 3.05) is 5.75 Å². The summed E-state index contributed by atoms with van der Waals surface area (Å²) in [6.45, 7) is 0. The number of nitrogens with one attached hydrogen (secondary N) is 2. The van der Waals surface area contributed by atoms with Crippen LogP contribution in [0.15, 0.2) is 48.7 Å². The molecule has 2 N–H and O–H groups in total. The Balaban J connectivity index is 1.93. The fourth-order valence-electron chi connectivity index (χ4n) is 3.16. The molecule has 3 atom stereocenters. The molecule has 1 aromatic carbocycles. The third-order valence-corrected chi connectivity index (χ3v) is 6.85. The summed E-state index contributed by atoms with van der Waals surface area (Å²) in [4.78, 5) is 16.4. The second-order valence-corrected chi connectivity index (χ2v) is 9.90. The molecule has 1 aromatic heterocycles. The first-order chi connectivity index (χ1) is 15.9. The summed E-state index contributed by atoms with van der Waals surface area (Å²) in [6, 6.07) is 4.16. The van der Waals surface area contributed by atoms with Crippen molar-refractivity contribution in [1.29, 1.82) is 5.26 Å². The van der Waals surface area contributed by atoms with Gasteiger partial charge in [0.2, 0.25) is 11.4 Å². The average molecular weight is 502 g/mol. The molecule has 0 saturated heterocycles. The number of pyridine rings is 1. The normalized spacial score (nSPS) is 17.8. The van der Waals surface area contributed by atoms with Gasteiger partial charge in [-0.3, -0.25) is 15.1 Å². The summed E-state index contributed by atoms with van der Waals surface area (Å²) in [7, 11) is -4.84. The zero-order valence-electron chi connectivity index (χ0n) is 17.4. The number of hydrogen-bond acceptors (Lipinski definition) is 6. The molecule has 7 nitrogen and oxygen atoms in total. The number of carbonyl (C=O) groups is 1. The first kappa shape index (κ1) is 25.5. The third kappa shape index (κ3) is 6.06. The standard InChI is InChI=1S/C21H19F5N4O3S/c22-14-6-4-13(5-7-14)17(21(24,25)26)29-16(19(31)30-20(12-27)8-9-20)11-34(32,33)18(23)15-3-1-2-10-28-15/h1-7,10,16-18,29H,8-9,11H2,(H,30,31)/t16?,17-,18?/m1/s1. The number of rotatable bonds is 9. The van der Waals surface area contributed by atoms with Gasteiger partial charge in [-0.25, -0.2) is 17.2 Å². The quantitative estimate of drug-likeness (QED) is 0.510. The first-order valence-corrected chi connectivity index (χ1v) is 11.7. The lowest BCUT2D eigenvalue weighted by molar-refractivity contribution is -0.160. The van der Waals surface area contributed by atoms with E-state index in [1.807, 2.05) is 11.4 Å². The maximum Gasteiger partial charge on any atom is 0.407 e. The lowest BCUT2D eigenvalue weighted by Crippen LogP contribution is -2.54. The van der Waals surface area contributed by atoms with Crippen LogP contribution in [-0.4, -0.2) is 42.8 Å². The van der Waals surface area contributed by atoms with E-state index in [1.165, 1.54) is 12.1 Å². The van der Waals surface area contributed by atoms with Crippen LogP contribution >= 0.6 is 0 Å². The van der Waals surface area contributed by atoms with Crippen LogP contribution in [0.2, 0.25) is 0 Å². The van der Waals surface area contributed by atoms with E-state index in [-0.39, 0.29) is 12.8 Å². The fourth-order valence-corrected chi connectivity index (χ4v) is 4.55. The monoisotopic (exact) mass is 502 g/mol. The van der Waals surface area contributed by atoms with Gasteiger partial charge in [-0.05, 0) is 42.7 Å². The molecule has 182 valence electrons. The Labute approximate surface area is 191 Å². The number of carbonyl (C=O) groups excluding carboxylic acids is 1. The first-order valence-electron chi connectivity index (χ1n) is 9.95. The zero-order valence-corrected chi connectivity index (χ0v) is 18.2. The topological polar surface area (TPSA) is 112 Å². The molecule has 0 spiro atoms. The van der Waals surface area contributed by atoms with Crippen molar-refractivity contribution >= 4 is 15.7 Å². The molecule has 1 fully saturated rings. The second-order valence-electron chi connectivity index (χ2n) is 7.83. The largest absolute Gasteiger partial charge is 0.407 e. The highest BCUT2D eigenvalue weighted by atomic mass is 32.2. The Kier molecular flexibility index (Phi) is 7.23. The minimum atomic E-state index is -5.03. The molecule has 1 saturated carbocycles. The number of aromatic nitrogens is 1. The van der Waals surface area contributed by atoms with Crippen LogP contribution in [0.4, 0.5) is 22.0 Å². The van der Waals surface area contributed by atoms with Crippen LogP contribution < -0.4 is 10.6 Å². The van der Waals surface area contributed by atoms with Crippen LogP contribution in [0.1, 0.15) is 35.6 Å². The number of nitriles is 1. The molecule has 1 amide bonds. The molecule has 3 rings (SSSR count). The number of amides is 1. The Hall–Kier alpha value is -3.11. The number of halogens is 5. The molecule has 0 aliphatic heterocycles. The van der Waals surface area contributed by atoms with E-state index in [0.29, 0.717) is 0 Å². The van der Waals surface area contributed by atoms with Gasteiger partial charge in [-0.1, -0.05) is 18.2 Å². The summed E-state index contributed by atoms with van der Waals surface area (Å²) in [5.41, 5.74) is -5.01. The van der Waals surface area contributed by atoms with Gasteiger partial charge in [-0.15, -0.1) is 0 Å². The molecular formula is C21H19F5N4O3S. The predicted octanol–water partition coefficient (Wildman–Crippen LogP) is 3.04. The Bertz CT molecular complexity index is 1160. The van der Waals surface area contributed by atoms with Crippen LogP contribution in [0.25, 0.3) is 0 Å². The lowest BCUT2D eigenvalue weighted by atomic mass is 10.0. The van der Waals surface area contributed by atoms with Crippen molar-refractivity contribution in [1.82, 2.24) is 15.6 Å². The third-order valence-electron chi connectivity index (χ3n) is 5.18. The van der Waals surface area contributed by atoms with Gasteiger partial charge in [0.05, 0.1) is 17.5 Å². The lowest BCUT2D eigenvalue weighted by Gasteiger charge is -2.28. The highest BCUT2D eigenvalue weighted by Gasteiger charge is 2.48. The SMILES string of the molecule is N#CC1(NC(=O)C(CS(=O)(=O)C(F)c2ccccn2)N[C@H](c2ccc(F)cc2)C(F)(F)F)CC1. The predicted molar refractivity (Wildman–Crippen MR) is 110 cm³/mol. The molecule has 2 aromatic rings. The van der Waals surface area contributed by atoms with Crippen molar-refractivity contribution < 1.29 is 35.2 Å². The Morgan fingerprint density at radius 3 is 2.32 bits per heavy atom. The Morgan fingerprint density at radius 2 is 1.82 bits per heavy atom. The molecule has 0 bridgehead atoms. The van der Waals surface area contributed by atoms with Gasteiger partial charge in [0.25, 0.3) is 0 Å². The van der Waals surface area contributed by atoms with Crippen molar-refractivity contribution in [2.45, 2.75) is 42.1 Å². The van der Waals surface area contributed by atoms with Gasteiger partial charge >= 0.3 is 6.18 Å². The maximum absolute atomic E-state index is 14.8. The van der Waals surface area contributed by atoms with Gasteiger partial charge in [0, 0.05) is 6.20 Å². The van der Waals surface area contributed by atoms with E-state index < -0.39 is 67.9 Å². The van der Waals surface area contributed by atoms with Crippen molar-refractivity contribution in [3.05, 3.63) is 65.7 Å². The molecular weight excluding hydrogens is 483 g/mol. The van der Waals surface area contributed by atoms with E-state index >= 15 is 0 Å². The summed E-state index contributed by atoms with van der Waals surface area (Å²) in [5, 5.41) is 13.4. The van der Waals surface area contributed by atoms with E-state index in [9.17, 15) is 40.4 Å². The number of hydrogen-bond donors (Lipinski definition) is 2. The van der Waals surface area contributed by atoms with Crippen LogP contribution in [-0.2, 0) is 14.6 Å². The summed E-state index contributed by atoms with van der Waals surface area (Å²) < 4.78 is 94.8. The van der Waals surface area contributed by atoms with Crippen LogP contribution in [0.3, 0.4) is 0 Å². The molecule has 34 heavy (non-hydrogen) atoms. The van der Waals surface area contributed by atoms with Crippen molar-refractivity contribution in [3.8, 4) is 6.07 Å². The maximum atomic E-state index is 14.8. The summed E-state index contributed by atoms with van der Waals surface area (Å²) >= 11 is 0. The van der Waals surface area contributed by atoms with E-state index in [4.69, 9.17) is 0 Å². The molecule has 1 heterocycles. The second kappa shape index (κ2) is 9.63. The van der Waals surface area contributed by atoms with E-state index in [1.54, 1.807) is 0 Å². The highest BCUT2D eigenvalue weighted by molar-refractivity contribution is 7.91. The highest BCUT2D eigenvalue weighted by Crippen LogP contribution is 2.36. The molecule has 1 aliphatic rings. The summed E-state index contributed by atoms with van der Waals surface area (Å²) in [5.74, 6) is -3.37. The molecule has 0 radical (unpaired) electrons. The smallest absolute Gasteiger partial charge is 0.336 e. The Morgan fingerprint density at radius 1 is 1.18 bits per heavy atom. The molecule has 1 aliphatic carbocycles. The van der Waals surface area contributed by atoms with Crippen LogP contribution in [0, 0.1) is 17.1 Å². The zero-order chi connectivity index (χ0) is 25.1. The fraction of sp³-hybridized carbons (Fsp3) is 0.381. The summed E-state index contributed by atoms with van der Waals surface area (Å²) in [6.07, 6.45) is -3.43. The van der Waals surface area contributed by atoms with Gasteiger partial charge in [0.1, 0.15) is 23.4 Å². The number of alkyl halides is 4. The van der Waals surface area contributed by atoms with Gasteiger partial charge in [0.15, 0.2) is 9.84 Å². The van der Waals surface area contributed by atoms with Gasteiger partial charge < -0.3 is 5.32 Å². The van der Waals surface area contributed by atoms with E-state index in [0.717, 1.165) is 36.5 Å². The van der Waals surface area contributed by atoms with E-state index in [2.05, 4.69) is 10.3 Å². The van der Waals surface area contributed by atoms with Crippen molar-refractivity contribution in [2.24, 2.45) is 0 Å². The van der Waals surface area contributed by atoms with Crippen LogP contribution in [0.5, 0.6) is 0 Å². The molecule has 2 unspecified atom stereocenters. The number of sulfone groups is 1. The number of nitrogens with zero attached hydrogens (tertiary/aromatic N) is 2. The minimum absolute atomic E-state index is 0.231. The van der Waals surface area contributed by atoms with Crippen molar-refractivity contribution in [3.63, 3.8) is 0 Å².